The van der Waals surface area contributed by atoms with E-state index in [0.29, 0.717) is 12.0 Å². The third-order valence-electron chi connectivity index (χ3n) is 5.86. The first-order chi connectivity index (χ1) is 14.2. The Morgan fingerprint density at radius 3 is 2.83 bits per heavy atom. The van der Waals surface area contributed by atoms with E-state index in [-0.39, 0.29) is 0 Å². The van der Waals surface area contributed by atoms with Crippen LogP contribution >= 0.6 is 11.3 Å². The van der Waals surface area contributed by atoms with Gasteiger partial charge in [0.2, 0.25) is 0 Å². The molecule has 2 atom stereocenters. The van der Waals surface area contributed by atoms with Gasteiger partial charge < -0.3 is 20.5 Å². The van der Waals surface area contributed by atoms with E-state index in [2.05, 4.69) is 23.3 Å². The maximum absolute atomic E-state index is 6.02. The second kappa shape index (κ2) is 10.8. The molecule has 2 aromatic rings. The Bertz CT molecular complexity index is 777. The highest BCUT2D eigenvalue weighted by atomic mass is 32.1. The van der Waals surface area contributed by atoms with Gasteiger partial charge in [0.15, 0.2) is 5.13 Å². The van der Waals surface area contributed by atoms with Crippen molar-refractivity contribution in [1.82, 2.24) is 10.3 Å². The maximum Gasteiger partial charge on any atom is 0.180 e. The monoisotopic (exact) mass is 417 g/mol. The number of hydrogen-bond donors (Lipinski definition) is 2. The molecule has 1 aliphatic carbocycles. The van der Waals surface area contributed by atoms with E-state index in [1.54, 1.807) is 25.6 Å². The molecule has 0 saturated heterocycles. The van der Waals surface area contributed by atoms with Crippen molar-refractivity contribution >= 4 is 16.5 Å². The summed E-state index contributed by atoms with van der Waals surface area (Å²) in [5.74, 6) is 2.39. The zero-order valence-electron chi connectivity index (χ0n) is 18.0. The van der Waals surface area contributed by atoms with E-state index >= 15 is 0 Å². The topological polar surface area (TPSA) is 69.4 Å². The van der Waals surface area contributed by atoms with Gasteiger partial charge in [-0.05, 0) is 68.8 Å². The summed E-state index contributed by atoms with van der Waals surface area (Å²) < 4.78 is 10.9. The smallest absolute Gasteiger partial charge is 0.180 e. The van der Waals surface area contributed by atoms with Gasteiger partial charge in [-0.3, -0.25) is 0 Å². The van der Waals surface area contributed by atoms with E-state index in [9.17, 15) is 0 Å². The molecule has 0 bridgehead atoms. The van der Waals surface area contributed by atoms with Crippen molar-refractivity contribution in [3.05, 3.63) is 34.3 Å². The van der Waals surface area contributed by atoms with Crippen molar-refractivity contribution in [3.63, 3.8) is 0 Å². The third-order valence-corrected chi connectivity index (χ3v) is 6.92. The number of rotatable bonds is 11. The molecule has 0 aliphatic heterocycles. The Morgan fingerprint density at radius 1 is 1.21 bits per heavy atom. The van der Waals surface area contributed by atoms with Crippen molar-refractivity contribution in [2.45, 2.75) is 70.3 Å². The summed E-state index contributed by atoms with van der Waals surface area (Å²) >= 11 is 1.70. The van der Waals surface area contributed by atoms with Crippen molar-refractivity contribution in [2.24, 2.45) is 0 Å². The highest BCUT2D eigenvalue weighted by molar-refractivity contribution is 7.15. The molecule has 6 heteroatoms. The predicted molar refractivity (Wildman–Crippen MR) is 121 cm³/mol. The lowest BCUT2D eigenvalue weighted by atomic mass is 9.83. The average molecular weight is 418 g/mol. The van der Waals surface area contributed by atoms with Gasteiger partial charge in [-0.2, -0.15) is 0 Å². The Hall–Kier alpha value is -1.79. The Morgan fingerprint density at radius 2 is 2.07 bits per heavy atom. The summed E-state index contributed by atoms with van der Waals surface area (Å²) in [5.41, 5.74) is 8.49. The van der Waals surface area contributed by atoms with Crippen LogP contribution in [0.4, 0.5) is 5.13 Å². The number of nitrogens with one attached hydrogen (secondary N) is 1. The summed E-state index contributed by atoms with van der Waals surface area (Å²) in [7, 11) is 3.44. The highest BCUT2D eigenvalue weighted by Gasteiger charge is 2.31. The minimum atomic E-state index is 0.548. The minimum absolute atomic E-state index is 0.548. The van der Waals surface area contributed by atoms with Gasteiger partial charge in [0.1, 0.15) is 11.5 Å². The fourth-order valence-electron chi connectivity index (χ4n) is 4.37. The van der Waals surface area contributed by atoms with Crippen LogP contribution in [0.3, 0.4) is 0 Å². The fraction of sp³-hybridized carbons (Fsp3) is 0.609. The lowest BCUT2D eigenvalue weighted by molar-refractivity contribution is 0.365. The largest absolute Gasteiger partial charge is 0.497 e. The molecule has 0 saturated carbocycles. The van der Waals surface area contributed by atoms with Crippen LogP contribution in [0.2, 0.25) is 0 Å². The van der Waals surface area contributed by atoms with Crippen LogP contribution < -0.4 is 20.5 Å². The van der Waals surface area contributed by atoms with Gasteiger partial charge >= 0.3 is 0 Å². The van der Waals surface area contributed by atoms with Crippen molar-refractivity contribution in [3.8, 4) is 11.5 Å². The van der Waals surface area contributed by atoms with E-state index in [1.807, 2.05) is 12.1 Å². The number of nitrogens with two attached hydrogens (primary N) is 1. The van der Waals surface area contributed by atoms with Crippen molar-refractivity contribution < 1.29 is 9.47 Å². The number of fused-ring (bicyclic) bond motifs is 1. The number of hydrogen-bond acceptors (Lipinski definition) is 6. The van der Waals surface area contributed by atoms with Crippen LogP contribution in [0.5, 0.6) is 11.5 Å². The second-order valence-electron chi connectivity index (χ2n) is 7.85. The minimum Gasteiger partial charge on any atom is -0.497 e. The second-order valence-corrected chi connectivity index (χ2v) is 8.91. The molecule has 3 rings (SSSR count). The summed E-state index contributed by atoms with van der Waals surface area (Å²) in [6.45, 7) is 3.31. The number of nitrogens with zero attached hydrogens (tertiary/aromatic N) is 1. The summed E-state index contributed by atoms with van der Waals surface area (Å²) in [5, 5.41) is 4.50. The molecule has 1 aromatic heterocycles. The number of aromatic nitrogens is 1. The molecule has 29 heavy (non-hydrogen) atoms. The quantitative estimate of drug-likeness (QED) is 0.507. The van der Waals surface area contributed by atoms with Crippen LogP contribution in [0, 0.1) is 0 Å². The van der Waals surface area contributed by atoms with Gasteiger partial charge in [-0.25, -0.2) is 4.98 Å². The van der Waals surface area contributed by atoms with Crippen LogP contribution in [0.1, 0.15) is 67.5 Å². The van der Waals surface area contributed by atoms with Crippen molar-refractivity contribution in [2.75, 3.05) is 26.5 Å². The van der Waals surface area contributed by atoms with Gasteiger partial charge in [0.05, 0.1) is 19.9 Å². The SMILES string of the molecule is CCCNC1CCc2nc(N)sc2C1CCCCCc1cc(OC)ccc1OC. The Labute approximate surface area is 179 Å². The number of nitrogen functional groups attached to an aromatic ring is 1. The van der Waals surface area contributed by atoms with E-state index < -0.39 is 0 Å². The fourth-order valence-corrected chi connectivity index (χ4v) is 5.45. The summed E-state index contributed by atoms with van der Waals surface area (Å²) in [6, 6.07) is 6.60. The summed E-state index contributed by atoms with van der Waals surface area (Å²) in [4.78, 5) is 6.01. The van der Waals surface area contributed by atoms with Gasteiger partial charge in [-0.15, -0.1) is 11.3 Å². The molecule has 0 amide bonds. The zero-order chi connectivity index (χ0) is 20.6. The molecular formula is C23H35N3O2S. The lowest BCUT2D eigenvalue weighted by Gasteiger charge is -2.32. The predicted octanol–water partition coefficient (Wildman–Crippen LogP) is 4.94. The van der Waals surface area contributed by atoms with Crippen LogP contribution in [-0.4, -0.2) is 31.8 Å². The van der Waals surface area contributed by atoms with Crippen LogP contribution in [0.15, 0.2) is 18.2 Å². The first-order valence-electron chi connectivity index (χ1n) is 10.9. The number of anilines is 1. The van der Waals surface area contributed by atoms with E-state index in [1.165, 1.54) is 48.2 Å². The molecule has 160 valence electrons. The van der Waals surface area contributed by atoms with Crippen LogP contribution in [0.25, 0.3) is 0 Å². The molecular weight excluding hydrogens is 382 g/mol. The molecule has 1 aromatic carbocycles. The third kappa shape index (κ3) is 5.64. The van der Waals surface area contributed by atoms with Gasteiger partial charge in [-0.1, -0.05) is 19.8 Å². The first-order valence-corrected chi connectivity index (χ1v) is 11.7. The number of benzene rings is 1. The normalized spacial score (nSPS) is 18.4. The van der Waals surface area contributed by atoms with Gasteiger partial charge in [0, 0.05) is 16.8 Å². The Balaban J connectivity index is 1.54. The van der Waals surface area contributed by atoms with Gasteiger partial charge in [0.25, 0.3) is 0 Å². The molecule has 0 radical (unpaired) electrons. The molecule has 2 unspecified atom stereocenters. The Kier molecular flexibility index (Phi) is 8.19. The molecule has 0 spiro atoms. The highest BCUT2D eigenvalue weighted by Crippen LogP contribution is 2.40. The number of unbranched alkanes of at least 4 members (excludes halogenated alkanes) is 2. The molecule has 1 heterocycles. The maximum atomic E-state index is 6.02. The number of methoxy groups -OCH3 is 2. The zero-order valence-corrected chi connectivity index (χ0v) is 18.8. The molecule has 5 nitrogen and oxygen atoms in total. The molecule has 1 aliphatic rings. The van der Waals surface area contributed by atoms with Crippen LogP contribution in [-0.2, 0) is 12.8 Å². The lowest BCUT2D eigenvalue weighted by Crippen LogP contribution is -2.38. The molecule has 0 fully saturated rings. The first kappa shape index (κ1) is 21.9. The average Bonchev–Trinajstić information content (AvgIpc) is 3.12. The molecule has 3 N–H and O–H groups in total. The van der Waals surface area contributed by atoms with E-state index in [4.69, 9.17) is 15.2 Å². The van der Waals surface area contributed by atoms with Crippen molar-refractivity contribution in [1.29, 1.82) is 0 Å². The number of thiazole rings is 1. The number of ether oxygens (including phenoxy) is 2. The van der Waals surface area contributed by atoms with E-state index in [0.717, 1.165) is 42.4 Å². The summed E-state index contributed by atoms with van der Waals surface area (Å²) in [6.07, 6.45) is 9.19. The number of aryl methyl sites for hydroxylation is 2. The standard InChI is InChI=1S/C23H35N3O2S/c1-4-14-25-19-11-12-20-22(29-23(24)26-20)18(19)9-7-5-6-8-16-15-17(27-2)10-13-21(16)28-3/h10,13,15,18-19,25H,4-9,11-12,14H2,1-3H3,(H2,24,26).